The van der Waals surface area contributed by atoms with Crippen molar-refractivity contribution in [3.05, 3.63) is 24.3 Å². The first-order valence-electron chi connectivity index (χ1n) is 7.10. The third kappa shape index (κ3) is 3.13. The Labute approximate surface area is 121 Å². The second kappa shape index (κ2) is 6.56. The molecule has 0 saturated carbocycles. The van der Waals surface area contributed by atoms with E-state index in [1.165, 1.54) is 7.05 Å². The number of rotatable bonds is 5. The summed E-state index contributed by atoms with van der Waals surface area (Å²) in [5.41, 5.74) is 0.790. The average Bonchev–Trinajstić information content (AvgIpc) is 2.49. The van der Waals surface area contributed by atoms with E-state index in [4.69, 9.17) is 0 Å². The summed E-state index contributed by atoms with van der Waals surface area (Å²) in [4.78, 5) is 2.55. The molecule has 1 heterocycles. The number of benzene rings is 1. The quantitative estimate of drug-likeness (QED) is 0.856. The fourth-order valence-corrected chi connectivity index (χ4v) is 3.69. The van der Waals surface area contributed by atoms with Crippen molar-refractivity contribution >= 4 is 15.7 Å². The summed E-state index contributed by atoms with van der Waals surface area (Å²) in [5.74, 6) is 0. The highest BCUT2D eigenvalue weighted by atomic mass is 32.2. The zero-order chi connectivity index (χ0) is 14.6. The molecule has 2 N–H and O–H groups in total. The summed E-state index contributed by atoms with van der Waals surface area (Å²) < 4.78 is 26.8. The summed E-state index contributed by atoms with van der Waals surface area (Å²) in [6.07, 6.45) is 2.22. The summed E-state index contributed by atoms with van der Waals surface area (Å²) in [6, 6.07) is 7.56. The number of nitrogens with one attached hydrogen (secondary N) is 2. The molecule has 1 unspecified atom stereocenters. The van der Waals surface area contributed by atoms with Crippen molar-refractivity contribution < 1.29 is 8.42 Å². The van der Waals surface area contributed by atoms with Gasteiger partial charge in [0.05, 0.1) is 5.69 Å². The van der Waals surface area contributed by atoms with Crippen LogP contribution in [-0.2, 0) is 10.0 Å². The molecule has 0 amide bonds. The van der Waals surface area contributed by atoms with E-state index in [9.17, 15) is 8.42 Å². The van der Waals surface area contributed by atoms with Crippen LogP contribution in [0, 0.1) is 0 Å². The Morgan fingerprint density at radius 3 is 2.75 bits per heavy atom. The number of hydrogen-bond donors (Lipinski definition) is 2. The number of sulfonamides is 1. The zero-order valence-electron chi connectivity index (χ0n) is 12.1. The molecular formula is C14H23N3O2S. The van der Waals surface area contributed by atoms with Gasteiger partial charge < -0.3 is 10.2 Å². The fourth-order valence-electron chi connectivity index (χ4n) is 2.76. The van der Waals surface area contributed by atoms with E-state index < -0.39 is 10.0 Å². The van der Waals surface area contributed by atoms with E-state index in [0.29, 0.717) is 10.9 Å². The second-order valence-electron chi connectivity index (χ2n) is 4.96. The number of piperidine rings is 1. The van der Waals surface area contributed by atoms with Crippen LogP contribution in [0.4, 0.5) is 5.69 Å². The molecular weight excluding hydrogens is 274 g/mol. The van der Waals surface area contributed by atoms with Crippen molar-refractivity contribution in [3.63, 3.8) is 0 Å². The first kappa shape index (κ1) is 15.3. The van der Waals surface area contributed by atoms with Crippen LogP contribution in [0.1, 0.15) is 19.8 Å². The molecule has 112 valence electrons. The largest absolute Gasteiger partial charge is 0.366 e. The topological polar surface area (TPSA) is 61.4 Å². The van der Waals surface area contributed by atoms with E-state index in [-0.39, 0.29) is 0 Å². The molecule has 6 heteroatoms. The third-order valence-corrected chi connectivity index (χ3v) is 5.25. The Bertz CT molecular complexity index is 539. The predicted octanol–water partition coefficient (Wildman–Crippen LogP) is 1.17. The summed E-state index contributed by atoms with van der Waals surface area (Å²) in [6.45, 7) is 4.81. The maximum atomic E-state index is 12.2. The van der Waals surface area contributed by atoms with E-state index in [2.05, 4.69) is 21.9 Å². The van der Waals surface area contributed by atoms with Gasteiger partial charge in [0, 0.05) is 19.1 Å². The summed E-state index contributed by atoms with van der Waals surface area (Å²) in [7, 11) is -1.99. The van der Waals surface area contributed by atoms with Crippen molar-refractivity contribution in [2.75, 3.05) is 31.6 Å². The van der Waals surface area contributed by atoms with Gasteiger partial charge in [-0.05, 0) is 45.5 Å². The molecule has 1 aliphatic heterocycles. The van der Waals surface area contributed by atoms with Gasteiger partial charge in [-0.2, -0.15) is 0 Å². The van der Waals surface area contributed by atoms with Gasteiger partial charge in [-0.25, -0.2) is 13.1 Å². The van der Waals surface area contributed by atoms with E-state index >= 15 is 0 Å². The Morgan fingerprint density at radius 2 is 2.15 bits per heavy atom. The first-order valence-corrected chi connectivity index (χ1v) is 8.58. The number of likely N-dealkylation sites (N-methyl/N-ethyl adjacent to an activating group) is 1. The molecule has 0 aromatic heterocycles. The Balaban J connectivity index is 2.39. The molecule has 1 aromatic rings. The highest BCUT2D eigenvalue weighted by Crippen LogP contribution is 2.27. The van der Waals surface area contributed by atoms with Gasteiger partial charge in [0.2, 0.25) is 10.0 Å². The Morgan fingerprint density at radius 1 is 1.40 bits per heavy atom. The van der Waals surface area contributed by atoms with Crippen molar-refractivity contribution in [2.24, 2.45) is 0 Å². The number of anilines is 1. The molecule has 2 rings (SSSR count). The minimum absolute atomic E-state index is 0.349. The zero-order valence-corrected chi connectivity index (χ0v) is 12.9. The van der Waals surface area contributed by atoms with Gasteiger partial charge in [-0.15, -0.1) is 0 Å². The van der Waals surface area contributed by atoms with Gasteiger partial charge in [0.15, 0.2) is 0 Å². The molecule has 0 spiro atoms. The lowest BCUT2D eigenvalue weighted by Crippen LogP contribution is -2.46. The number of para-hydroxylation sites is 1. The predicted molar refractivity (Wildman–Crippen MR) is 81.6 cm³/mol. The molecule has 1 fully saturated rings. The molecule has 1 saturated heterocycles. The van der Waals surface area contributed by atoms with Crippen LogP contribution in [0.15, 0.2) is 29.2 Å². The van der Waals surface area contributed by atoms with Crippen LogP contribution in [0.2, 0.25) is 0 Å². The highest BCUT2D eigenvalue weighted by molar-refractivity contribution is 7.89. The molecule has 5 nitrogen and oxygen atoms in total. The monoisotopic (exact) mass is 297 g/mol. The van der Waals surface area contributed by atoms with E-state index in [1.54, 1.807) is 12.1 Å². The van der Waals surface area contributed by atoms with Crippen LogP contribution in [0.5, 0.6) is 0 Å². The van der Waals surface area contributed by atoms with Gasteiger partial charge in [0.25, 0.3) is 0 Å². The van der Waals surface area contributed by atoms with Crippen LogP contribution in [-0.4, -0.2) is 41.1 Å². The normalized spacial score (nSPS) is 19.8. The molecule has 20 heavy (non-hydrogen) atoms. The minimum Gasteiger partial charge on any atom is -0.366 e. The molecule has 0 bridgehead atoms. The van der Waals surface area contributed by atoms with Crippen molar-refractivity contribution in [3.8, 4) is 0 Å². The fraction of sp³-hybridized carbons (Fsp3) is 0.571. The Kier molecular flexibility index (Phi) is 5.01. The standard InChI is InChI=1S/C14H23N3O2S/c1-3-17(12-7-6-10-16-11-12)13-8-4-5-9-14(13)20(18,19)15-2/h4-5,8-9,12,15-16H,3,6-7,10-11H2,1-2H3. The van der Waals surface area contributed by atoms with Crippen LogP contribution >= 0.6 is 0 Å². The van der Waals surface area contributed by atoms with Gasteiger partial charge >= 0.3 is 0 Å². The summed E-state index contributed by atoms with van der Waals surface area (Å²) >= 11 is 0. The van der Waals surface area contributed by atoms with E-state index in [1.807, 2.05) is 12.1 Å². The maximum absolute atomic E-state index is 12.2. The molecule has 0 radical (unpaired) electrons. The van der Waals surface area contributed by atoms with Crippen molar-refractivity contribution in [1.82, 2.24) is 10.0 Å². The molecule has 1 aliphatic rings. The number of hydrogen-bond acceptors (Lipinski definition) is 4. The van der Waals surface area contributed by atoms with Crippen molar-refractivity contribution in [1.29, 1.82) is 0 Å². The second-order valence-corrected chi connectivity index (χ2v) is 6.82. The lowest BCUT2D eigenvalue weighted by Gasteiger charge is -2.36. The highest BCUT2D eigenvalue weighted by Gasteiger charge is 2.25. The van der Waals surface area contributed by atoms with Gasteiger partial charge in [-0.1, -0.05) is 12.1 Å². The van der Waals surface area contributed by atoms with E-state index in [0.717, 1.165) is 38.2 Å². The van der Waals surface area contributed by atoms with Crippen LogP contribution < -0.4 is 14.9 Å². The smallest absolute Gasteiger partial charge is 0.242 e. The lowest BCUT2D eigenvalue weighted by atomic mass is 10.0. The molecule has 0 aliphatic carbocycles. The maximum Gasteiger partial charge on any atom is 0.242 e. The summed E-state index contributed by atoms with van der Waals surface area (Å²) in [5, 5.41) is 3.38. The SMILES string of the molecule is CCN(c1ccccc1S(=O)(=O)NC)C1CCCNC1. The van der Waals surface area contributed by atoms with Gasteiger partial charge in [-0.3, -0.25) is 0 Å². The van der Waals surface area contributed by atoms with Gasteiger partial charge in [0.1, 0.15) is 4.90 Å². The van der Waals surface area contributed by atoms with Crippen molar-refractivity contribution in [2.45, 2.75) is 30.7 Å². The minimum atomic E-state index is -3.43. The van der Waals surface area contributed by atoms with Crippen LogP contribution in [0.25, 0.3) is 0 Å². The average molecular weight is 297 g/mol. The molecule has 1 aromatic carbocycles. The first-order chi connectivity index (χ1) is 9.60. The molecule has 1 atom stereocenters. The third-order valence-electron chi connectivity index (χ3n) is 3.79. The van der Waals surface area contributed by atoms with Crippen LogP contribution in [0.3, 0.4) is 0 Å². The lowest BCUT2D eigenvalue weighted by molar-refractivity contribution is 0.434. The number of nitrogens with zero attached hydrogens (tertiary/aromatic N) is 1. The Hall–Kier alpha value is -1.11.